The number of ether oxygens (including phenoxy) is 2. The Balaban J connectivity index is 2.82. The second kappa shape index (κ2) is 6.13. The maximum Gasteiger partial charge on any atom is 0.161 e. The van der Waals surface area contributed by atoms with Crippen LogP contribution in [0.2, 0.25) is 0 Å². The third-order valence-electron chi connectivity index (χ3n) is 2.69. The van der Waals surface area contributed by atoms with Crippen molar-refractivity contribution in [2.75, 3.05) is 13.7 Å². The molecule has 17 heavy (non-hydrogen) atoms. The molecule has 0 saturated carbocycles. The van der Waals surface area contributed by atoms with Gasteiger partial charge in [0.25, 0.3) is 0 Å². The number of methoxy groups -OCH3 is 1. The summed E-state index contributed by atoms with van der Waals surface area (Å²) in [4.78, 5) is 0. The van der Waals surface area contributed by atoms with Crippen LogP contribution in [-0.2, 0) is 0 Å². The van der Waals surface area contributed by atoms with Gasteiger partial charge < -0.3 is 15.2 Å². The molecule has 1 aromatic carbocycles. The lowest BCUT2D eigenvalue weighted by Gasteiger charge is -2.14. The summed E-state index contributed by atoms with van der Waals surface area (Å²) in [6.45, 7) is 4.92. The maximum atomic E-state index is 7.36. The summed E-state index contributed by atoms with van der Waals surface area (Å²) in [5.74, 6) is 1.84. The van der Waals surface area contributed by atoms with Gasteiger partial charge in [-0.15, -0.1) is 0 Å². The number of nitrogens with two attached hydrogens (primary N) is 1. The van der Waals surface area contributed by atoms with Gasteiger partial charge in [-0.25, -0.2) is 0 Å². The lowest BCUT2D eigenvalue weighted by atomic mass is 10.1. The minimum absolute atomic E-state index is 0.0248. The minimum atomic E-state index is 0.0248. The first-order chi connectivity index (χ1) is 8.08. The van der Waals surface area contributed by atoms with E-state index in [0.29, 0.717) is 29.6 Å². The molecule has 3 N–H and O–H groups in total. The Morgan fingerprint density at radius 3 is 2.65 bits per heavy atom. The van der Waals surface area contributed by atoms with E-state index in [2.05, 4.69) is 13.8 Å². The molecule has 1 rings (SSSR count). The molecule has 0 amide bonds. The Kier molecular flexibility index (Phi) is 4.82. The van der Waals surface area contributed by atoms with Gasteiger partial charge >= 0.3 is 0 Å². The Labute approximate surface area is 102 Å². The zero-order valence-electron chi connectivity index (χ0n) is 10.6. The van der Waals surface area contributed by atoms with Gasteiger partial charge in [0.15, 0.2) is 11.5 Å². The molecule has 0 spiro atoms. The van der Waals surface area contributed by atoms with E-state index >= 15 is 0 Å². The molecule has 0 radical (unpaired) electrons. The molecule has 0 aliphatic heterocycles. The third-order valence-corrected chi connectivity index (χ3v) is 2.69. The molecular formula is C13H20N2O2. The van der Waals surface area contributed by atoms with Crippen molar-refractivity contribution >= 4 is 5.84 Å². The van der Waals surface area contributed by atoms with Gasteiger partial charge in [-0.05, 0) is 24.1 Å². The number of amidine groups is 1. The van der Waals surface area contributed by atoms with Gasteiger partial charge in [-0.2, -0.15) is 0 Å². The molecule has 1 unspecified atom stereocenters. The molecule has 0 aliphatic rings. The van der Waals surface area contributed by atoms with Crippen LogP contribution in [0, 0.1) is 11.3 Å². The van der Waals surface area contributed by atoms with Crippen molar-refractivity contribution in [3.63, 3.8) is 0 Å². The van der Waals surface area contributed by atoms with Crippen molar-refractivity contribution in [3.8, 4) is 11.5 Å². The van der Waals surface area contributed by atoms with E-state index in [9.17, 15) is 0 Å². The van der Waals surface area contributed by atoms with Gasteiger partial charge in [-0.1, -0.05) is 20.3 Å². The fraction of sp³-hybridized carbons (Fsp3) is 0.462. The molecule has 0 heterocycles. The number of rotatable bonds is 6. The van der Waals surface area contributed by atoms with Crippen LogP contribution >= 0.6 is 0 Å². The summed E-state index contributed by atoms with van der Waals surface area (Å²) in [5.41, 5.74) is 6.05. The fourth-order valence-corrected chi connectivity index (χ4v) is 1.30. The molecule has 0 fully saturated rings. The summed E-state index contributed by atoms with van der Waals surface area (Å²) >= 11 is 0. The van der Waals surface area contributed by atoms with Crippen LogP contribution in [0.3, 0.4) is 0 Å². The second-order valence-corrected chi connectivity index (χ2v) is 4.10. The van der Waals surface area contributed by atoms with Crippen LogP contribution in [0.1, 0.15) is 25.8 Å². The minimum Gasteiger partial charge on any atom is -0.493 e. The highest BCUT2D eigenvalue weighted by Gasteiger charge is 2.08. The van der Waals surface area contributed by atoms with E-state index in [0.717, 1.165) is 6.42 Å². The zero-order valence-corrected chi connectivity index (χ0v) is 10.6. The van der Waals surface area contributed by atoms with E-state index in [4.69, 9.17) is 20.6 Å². The topological polar surface area (TPSA) is 68.3 Å². The normalized spacial score (nSPS) is 11.9. The first-order valence-electron chi connectivity index (χ1n) is 5.73. The predicted octanol–water partition coefficient (Wildman–Crippen LogP) is 2.40. The predicted molar refractivity (Wildman–Crippen MR) is 69.0 cm³/mol. The Morgan fingerprint density at radius 2 is 2.12 bits per heavy atom. The van der Waals surface area contributed by atoms with Gasteiger partial charge in [0.1, 0.15) is 5.84 Å². The highest BCUT2D eigenvalue weighted by atomic mass is 16.5. The number of benzene rings is 1. The number of hydrogen-bond donors (Lipinski definition) is 2. The number of nitrogen functional groups attached to an aromatic ring is 1. The largest absolute Gasteiger partial charge is 0.493 e. The van der Waals surface area contributed by atoms with Crippen LogP contribution in [-0.4, -0.2) is 19.6 Å². The van der Waals surface area contributed by atoms with Crippen LogP contribution < -0.4 is 15.2 Å². The first kappa shape index (κ1) is 13.4. The molecular weight excluding hydrogens is 216 g/mol. The summed E-state index contributed by atoms with van der Waals surface area (Å²) in [6.07, 6.45) is 1.08. The molecule has 4 nitrogen and oxygen atoms in total. The monoisotopic (exact) mass is 236 g/mol. The summed E-state index contributed by atoms with van der Waals surface area (Å²) in [6, 6.07) is 5.27. The molecule has 0 saturated heterocycles. The Bertz CT molecular complexity index is 391. The van der Waals surface area contributed by atoms with E-state index in [1.54, 1.807) is 25.3 Å². The zero-order chi connectivity index (χ0) is 12.8. The summed E-state index contributed by atoms with van der Waals surface area (Å²) < 4.78 is 10.9. The van der Waals surface area contributed by atoms with Crippen LogP contribution in [0.5, 0.6) is 11.5 Å². The SMILES string of the molecule is CCC(C)COc1ccc(C(=N)N)cc1OC. The molecule has 0 bridgehead atoms. The molecule has 4 heteroatoms. The van der Waals surface area contributed by atoms with Gasteiger partial charge in [0.2, 0.25) is 0 Å². The molecule has 0 aliphatic carbocycles. The summed E-state index contributed by atoms with van der Waals surface area (Å²) in [5, 5.41) is 7.36. The standard InChI is InChI=1S/C13H20N2O2/c1-4-9(2)8-17-11-6-5-10(13(14)15)7-12(11)16-3/h5-7,9H,4,8H2,1-3H3,(H3,14,15). The molecule has 1 atom stereocenters. The van der Waals surface area contributed by atoms with E-state index in [-0.39, 0.29) is 5.84 Å². The highest BCUT2D eigenvalue weighted by Crippen LogP contribution is 2.28. The maximum absolute atomic E-state index is 7.36. The summed E-state index contributed by atoms with van der Waals surface area (Å²) in [7, 11) is 1.58. The van der Waals surface area contributed by atoms with Crippen molar-refractivity contribution in [1.29, 1.82) is 5.41 Å². The van der Waals surface area contributed by atoms with E-state index in [1.165, 1.54) is 0 Å². The van der Waals surface area contributed by atoms with Gasteiger partial charge in [-0.3, -0.25) is 5.41 Å². The van der Waals surface area contributed by atoms with Crippen molar-refractivity contribution in [3.05, 3.63) is 23.8 Å². The van der Waals surface area contributed by atoms with Crippen molar-refractivity contribution in [1.82, 2.24) is 0 Å². The molecule has 0 aromatic heterocycles. The number of hydrogen-bond acceptors (Lipinski definition) is 3. The van der Waals surface area contributed by atoms with Crippen LogP contribution in [0.25, 0.3) is 0 Å². The van der Waals surface area contributed by atoms with Crippen molar-refractivity contribution in [2.45, 2.75) is 20.3 Å². The van der Waals surface area contributed by atoms with Gasteiger partial charge in [0.05, 0.1) is 13.7 Å². The molecule has 94 valence electrons. The van der Waals surface area contributed by atoms with Crippen LogP contribution in [0.4, 0.5) is 0 Å². The second-order valence-electron chi connectivity index (χ2n) is 4.10. The quantitative estimate of drug-likeness (QED) is 0.588. The van der Waals surface area contributed by atoms with Crippen molar-refractivity contribution < 1.29 is 9.47 Å². The van der Waals surface area contributed by atoms with Crippen molar-refractivity contribution in [2.24, 2.45) is 11.7 Å². The highest BCUT2D eigenvalue weighted by molar-refractivity contribution is 5.95. The number of nitrogens with one attached hydrogen (secondary N) is 1. The van der Waals surface area contributed by atoms with Crippen LogP contribution in [0.15, 0.2) is 18.2 Å². The van der Waals surface area contributed by atoms with E-state index < -0.39 is 0 Å². The lowest BCUT2D eigenvalue weighted by Crippen LogP contribution is -2.12. The first-order valence-corrected chi connectivity index (χ1v) is 5.73. The van der Waals surface area contributed by atoms with Gasteiger partial charge in [0, 0.05) is 5.56 Å². The smallest absolute Gasteiger partial charge is 0.161 e. The Morgan fingerprint density at radius 1 is 1.41 bits per heavy atom. The average molecular weight is 236 g/mol. The Hall–Kier alpha value is -1.71. The lowest BCUT2D eigenvalue weighted by molar-refractivity contribution is 0.244. The average Bonchev–Trinajstić information content (AvgIpc) is 2.35. The molecule has 1 aromatic rings. The third kappa shape index (κ3) is 3.66. The fourth-order valence-electron chi connectivity index (χ4n) is 1.30. The van der Waals surface area contributed by atoms with E-state index in [1.807, 2.05) is 0 Å².